The molecular formula is C10H18. The van der Waals surface area contributed by atoms with Gasteiger partial charge in [-0.05, 0) is 31.6 Å². The number of rotatable bonds is 1. The minimum Gasteiger partial charge on any atom is -0.0764 e. The fraction of sp³-hybridized carbons (Fsp3) is 0.800. The van der Waals surface area contributed by atoms with Crippen LogP contribution in [0.25, 0.3) is 0 Å². The van der Waals surface area contributed by atoms with Crippen LogP contribution in [-0.2, 0) is 0 Å². The molecule has 0 aromatic rings. The van der Waals surface area contributed by atoms with Gasteiger partial charge in [0.05, 0.1) is 0 Å². The van der Waals surface area contributed by atoms with Crippen LogP contribution in [0.2, 0.25) is 0 Å². The molecule has 0 amide bonds. The maximum Gasteiger partial charge on any atom is -0.00505 e. The molecule has 0 aliphatic heterocycles. The first-order chi connectivity index (χ1) is 4.54. The van der Waals surface area contributed by atoms with Gasteiger partial charge < -0.3 is 0 Å². The average Bonchev–Trinajstić information content (AvgIpc) is 2.38. The molecule has 0 heteroatoms. The molecule has 0 bridgehead atoms. The smallest absolute Gasteiger partial charge is 0.00505 e. The lowest BCUT2D eigenvalue weighted by Gasteiger charge is -2.02. The van der Waals surface area contributed by atoms with Crippen molar-refractivity contribution >= 4 is 0 Å². The topological polar surface area (TPSA) is 0 Å². The predicted octanol–water partition coefficient (Wildman–Crippen LogP) is 3.39. The maximum absolute atomic E-state index is 2.38. The molecule has 1 rings (SSSR count). The van der Waals surface area contributed by atoms with Crippen LogP contribution in [0.1, 0.15) is 41.0 Å². The van der Waals surface area contributed by atoms with E-state index in [0.29, 0.717) is 5.41 Å². The third-order valence-corrected chi connectivity index (χ3v) is 3.19. The molecule has 1 aliphatic rings. The van der Waals surface area contributed by atoms with E-state index in [1.165, 1.54) is 12.0 Å². The Bertz CT molecular complexity index is 172. The van der Waals surface area contributed by atoms with Gasteiger partial charge in [0.15, 0.2) is 0 Å². The second-order valence-corrected chi connectivity index (χ2v) is 3.91. The van der Waals surface area contributed by atoms with Gasteiger partial charge in [-0.3, -0.25) is 0 Å². The van der Waals surface area contributed by atoms with E-state index >= 15 is 0 Å². The van der Waals surface area contributed by atoms with Crippen LogP contribution >= 0.6 is 0 Å². The van der Waals surface area contributed by atoms with Gasteiger partial charge >= 0.3 is 0 Å². The molecule has 0 nitrogen and oxygen atoms in total. The van der Waals surface area contributed by atoms with Gasteiger partial charge in [-0.1, -0.05) is 31.9 Å². The van der Waals surface area contributed by atoms with E-state index in [0.717, 1.165) is 5.92 Å². The van der Waals surface area contributed by atoms with Gasteiger partial charge in [0.1, 0.15) is 0 Å². The lowest BCUT2D eigenvalue weighted by atomic mass is 10.0. The normalized spacial score (nSPS) is 38.1. The first-order valence-electron chi connectivity index (χ1n) is 4.22. The van der Waals surface area contributed by atoms with Crippen LogP contribution in [0.15, 0.2) is 11.1 Å². The molecule has 0 aromatic heterocycles. The molecule has 1 aliphatic carbocycles. The molecule has 2 unspecified atom stereocenters. The quantitative estimate of drug-likeness (QED) is 0.487. The Labute approximate surface area is 64.3 Å². The maximum atomic E-state index is 2.38. The van der Waals surface area contributed by atoms with Crippen molar-refractivity contribution in [2.24, 2.45) is 11.3 Å². The van der Waals surface area contributed by atoms with Crippen molar-refractivity contribution < 1.29 is 0 Å². The van der Waals surface area contributed by atoms with Crippen molar-refractivity contribution in [3.05, 3.63) is 11.1 Å². The fourth-order valence-corrected chi connectivity index (χ4v) is 2.19. The van der Waals surface area contributed by atoms with Gasteiger partial charge in [0.25, 0.3) is 0 Å². The first kappa shape index (κ1) is 7.84. The largest absolute Gasteiger partial charge is 0.0764 e. The summed E-state index contributed by atoms with van der Waals surface area (Å²) in [7, 11) is 0. The Morgan fingerprint density at radius 1 is 1.50 bits per heavy atom. The van der Waals surface area contributed by atoms with Crippen molar-refractivity contribution in [3.63, 3.8) is 0 Å². The number of allylic oxidation sites excluding steroid dienone is 2. The Morgan fingerprint density at radius 2 is 2.00 bits per heavy atom. The molecule has 58 valence electrons. The third-order valence-electron chi connectivity index (χ3n) is 3.19. The summed E-state index contributed by atoms with van der Waals surface area (Å²) in [5.74, 6) is 0.850. The second-order valence-electron chi connectivity index (χ2n) is 3.91. The van der Waals surface area contributed by atoms with Crippen molar-refractivity contribution in [2.75, 3.05) is 0 Å². The predicted molar refractivity (Wildman–Crippen MR) is 45.9 cm³/mol. The standard InChI is InChI=1S/C10H18/c1-6-10(5)8(4)9(10)7(2)3/h8H,6H2,1-5H3. The molecule has 0 radical (unpaired) electrons. The summed E-state index contributed by atoms with van der Waals surface area (Å²) in [5.41, 5.74) is 3.81. The molecule has 0 heterocycles. The zero-order valence-electron chi connectivity index (χ0n) is 7.78. The Hall–Kier alpha value is -0.260. The van der Waals surface area contributed by atoms with Gasteiger partial charge in [-0.15, -0.1) is 0 Å². The van der Waals surface area contributed by atoms with Crippen LogP contribution in [-0.4, -0.2) is 0 Å². The Balaban J connectivity index is 2.83. The summed E-state index contributed by atoms with van der Waals surface area (Å²) < 4.78 is 0. The van der Waals surface area contributed by atoms with Crippen molar-refractivity contribution in [2.45, 2.75) is 41.0 Å². The summed E-state index contributed by atoms with van der Waals surface area (Å²) in [5, 5.41) is 0. The molecule has 1 fully saturated rings. The molecule has 0 spiro atoms. The van der Waals surface area contributed by atoms with Gasteiger partial charge in [-0.25, -0.2) is 0 Å². The van der Waals surface area contributed by atoms with Gasteiger partial charge in [-0.2, -0.15) is 0 Å². The third kappa shape index (κ3) is 0.817. The highest BCUT2D eigenvalue weighted by atomic mass is 14.6. The minimum absolute atomic E-state index is 0.568. The van der Waals surface area contributed by atoms with E-state index in [9.17, 15) is 0 Å². The van der Waals surface area contributed by atoms with E-state index in [1.54, 1.807) is 5.57 Å². The summed E-state index contributed by atoms with van der Waals surface area (Å²) in [6, 6.07) is 0. The van der Waals surface area contributed by atoms with Gasteiger partial charge in [0.2, 0.25) is 0 Å². The SMILES string of the molecule is CCC1(C)C(=C(C)C)C1C. The van der Waals surface area contributed by atoms with Crippen LogP contribution in [0.5, 0.6) is 0 Å². The zero-order valence-corrected chi connectivity index (χ0v) is 7.78. The van der Waals surface area contributed by atoms with Crippen LogP contribution in [0.4, 0.5) is 0 Å². The highest BCUT2D eigenvalue weighted by Gasteiger charge is 2.51. The van der Waals surface area contributed by atoms with E-state index in [2.05, 4.69) is 34.6 Å². The zero-order chi connectivity index (χ0) is 7.94. The molecule has 2 atom stereocenters. The Kier molecular flexibility index (Phi) is 1.66. The number of hydrogen-bond donors (Lipinski definition) is 0. The van der Waals surface area contributed by atoms with Crippen molar-refractivity contribution in [1.82, 2.24) is 0 Å². The molecule has 1 saturated carbocycles. The second kappa shape index (κ2) is 2.11. The van der Waals surface area contributed by atoms with E-state index in [-0.39, 0.29) is 0 Å². The molecular weight excluding hydrogens is 120 g/mol. The molecule has 10 heavy (non-hydrogen) atoms. The number of hydrogen-bond acceptors (Lipinski definition) is 0. The summed E-state index contributed by atoms with van der Waals surface area (Å²) >= 11 is 0. The first-order valence-corrected chi connectivity index (χ1v) is 4.22. The van der Waals surface area contributed by atoms with E-state index in [4.69, 9.17) is 0 Å². The summed E-state index contributed by atoms with van der Waals surface area (Å²) in [4.78, 5) is 0. The molecule has 0 saturated heterocycles. The lowest BCUT2D eigenvalue weighted by molar-refractivity contribution is 0.513. The highest BCUT2D eigenvalue weighted by molar-refractivity contribution is 5.38. The van der Waals surface area contributed by atoms with E-state index < -0.39 is 0 Å². The van der Waals surface area contributed by atoms with Crippen molar-refractivity contribution in [1.29, 1.82) is 0 Å². The summed E-state index contributed by atoms with van der Waals surface area (Å²) in [6.07, 6.45) is 1.30. The average molecular weight is 138 g/mol. The fourth-order valence-electron chi connectivity index (χ4n) is 2.19. The Morgan fingerprint density at radius 3 is 2.10 bits per heavy atom. The van der Waals surface area contributed by atoms with Crippen LogP contribution < -0.4 is 0 Å². The van der Waals surface area contributed by atoms with Crippen molar-refractivity contribution in [3.8, 4) is 0 Å². The molecule has 0 N–H and O–H groups in total. The highest BCUT2D eigenvalue weighted by Crippen LogP contribution is 2.61. The molecule has 0 aromatic carbocycles. The van der Waals surface area contributed by atoms with E-state index in [1.807, 2.05) is 0 Å². The van der Waals surface area contributed by atoms with Crippen LogP contribution in [0, 0.1) is 11.3 Å². The summed E-state index contributed by atoms with van der Waals surface area (Å²) in [6.45, 7) is 11.5. The van der Waals surface area contributed by atoms with Crippen LogP contribution in [0.3, 0.4) is 0 Å². The van der Waals surface area contributed by atoms with Gasteiger partial charge in [0, 0.05) is 0 Å². The monoisotopic (exact) mass is 138 g/mol. The minimum atomic E-state index is 0.568. The lowest BCUT2D eigenvalue weighted by Crippen LogP contribution is -1.92.